The fourth-order valence-corrected chi connectivity index (χ4v) is 2.88. The maximum atomic E-state index is 5.56. The molecule has 1 atom stereocenters. The van der Waals surface area contributed by atoms with E-state index in [1.165, 1.54) is 16.0 Å². The third-order valence-electron chi connectivity index (χ3n) is 3.08. The molecule has 1 unspecified atom stereocenters. The molecule has 0 fully saturated rings. The average Bonchev–Trinajstić information content (AvgIpc) is 2.81. The second kappa shape index (κ2) is 5.07. The molecule has 2 aromatic rings. The monoisotopic (exact) mass is 249 g/mol. The van der Waals surface area contributed by atoms with Gasteiger partial charge in [-0.2, -0.15) is 0 Å². The van der Waals surface area contributed by atoms with E-state index in [1.807, 2.05) is 25.2 Å². The molecule has 2 aromatic heterocycles. The van der Waals surface area contributed by atoms with Crippen molar-refractivity contribution in [2.45, 2.75) is 40.3 Å². The van der Waals surface area contributed by atoms with Crippen LogP contribution >= 0.6 is 11.3 Å². The molecule has 3 heteroatoms. The van der Waals surface area contributed by atoms with Gasteiger partial charge in [-0.3, -0.25) is 0 Å². The van der Waals surface area contributed by atoms with Crippen LogP contribution in [-0.4, -0.2) is 0 Å². The van der Waals surface area contributed by atoms with Gasteiger partial charge in [-0.1, -0.05) is 0 Å². The molecule has 2 nitrogen and oxygen atoms in total. The van der Waals surface area contributed by atoms with Crippen molar-refractivity contribution < 1.29 is 4.42 Å². The van der Waals surface area contributed by atoms with E-state index >= 15 is 0 Å². The van der Waals surface area contributed by atoms with E-state index < -0.39 is 0 Å². The molecule has 0 aliphatic heterocycles. The Hall–Kier alpha value is -1.06. The van der Waals surface area contributed by atoms with Crippen molar-refractivity contribution in [3.63, 3.8) is 0 Å². The van der Waals surface area contributed by atoms with Crippen molar-refractivity contribution in [1.29, 1.82) is 0 Å². The molecule has 92 valence electrons. The summed E-state index contributed by atoms with van der Waals surface area (Å²) in [6.07, 6.45) is 0. The molecule has 17 heavy (non-hydrogen) atoms. The van der Waals surface area contributed by atoms with E-state index in [2.05, 4.69) is 36.7 Å². The lowest BCUT2D eigenvalue weighted by molar-refractivity contribution is 0.490. The Kier molecular flexibility index (Phi) is 3.69. The van der Waals surface area contributed by atoms with Crippen LogP contribution in [0.2, 0.25) is 0 Å². The molecule has 2 heterocycles. The first-order valence-corrected chi connectivity index (χ1v) is 6.79. The minimum absolute atomic E-state index is 0.328. The Bertz CT molecular complexity index is 498. The summed E-state index contributed by atoms with van der Waals surface area (Å²) in [7, 11) is 0. The summed E-state index contributed by atoms with van der Waals surface area (Å²) in [6.45, 7) is 9.28. The van der Waals surface area contributed by atoms with Crippen LogP contribution in [0.5, 0.6) is 0 Å². The van der Waals surface area contributed by atoms with Crippen LogP contribution in [0, 0.1) is 20.8 Å². The molecule has 0 spiro atoms. The molecule has 2 rings (SSSR count). The first kappa shape index (κ1) is 12.4. The standard InChI is InChI=1S/C14H19NOS/c1-9-5-6-17-14(9)8-15-11(3)13-7-10(2)16-12(13)4/h5-7,11,15H,8H2,1-4H3. The van der Waals surface area contributed by atoms with Gasteiger partial charge in [0.15, 0.2) is 0 Å². The lowest BCUT2D eigenvalue weighted by Crippen LogP contribution is -2.18. The number of hydrogen-bond donors (Lipinski definition) is 1. The fourth-order valence-electron chi connectivity index (χ4n) is 2.02. The highest BCUT2D eigenvalue weighted by Crippen LogP contribution is 2.22. The highest BCUT2D eigenvalue weighted by atomic mass is 32.1. The van der Waals surface area contributed by atoms with Crippen molar-refractivity contribution in [2.75, 3.05) is 0 Å². The summed E-state index contributed by atoms with van der Waals surface area (Å²) in [5, 5.41) is 5.69. The molecule has 0 amide bonds. The second-order valence-corrected chi connectivity index (χ2v) is 5.50. The average molecular weight is 249 g/mol. The maximum absolute atomic E-state index is 5.56. The van der Waals surface area contributed by atoms with E-state index in [4.69, 9.17) is 4.42 Å². The molecule has 1 N–H and O–H groups in total. The SMILES string of the molecule is Cc1cc(C(C)NCc2sccc2C)c(C)o1. The minimum Gasteiger partial charge on any atom is -0.466 e. The van der Waals surface area contributed by atoms with E-state index in [0.717, 1.165) is 18.1 Å². The van der Waals surface area contributed by atoms with E-state index in [9.17, 15) is 0 Å². The second-order valence-electron chi connectivity index (χ2n) is 4.50. The number of aryl methyl sites for hydroxylation is 3. The zero-order valence-corrected chi connectivity index (χ0v) is 11.6. The Balaban J connectivity index is 2.00. The normalized spacial score (nSPS) is 12.9. The van der Waals surface area contributed by atoms with Crippen molar-refractivity contribution >= 4 is 11.3 Å². The Morgan fingerprint density at radius 2 is 2.12 bits per heavy atom. The lowest BCUT2D eigenvalue weighted by Gasteiger charge is -2.12. The molecule has 0 aliphatic carbocycles. The quantitative estimate of drug-likeness (QED) is 0.882. The number of hydrogen-bond acceptors (Lipinski definition) is 3. The first-order chi connectivity index (χ1) is 8.08. The summed E-state index contributed by atoms with van der Waals surface area (Å²) in [6, 6.07) is 4.61. The number of thiophene rings is 1. The number of rotatable bonds is 4. The molecular weight excluding hydrogens is 230 g/mol. The van der Waals surface area contributed by atoms with Gasteiger partial charge in [-0.25, -0.2) is 0 Å². The third-order valence-corrected chi connectivity index (χ3v) is 4.11. The highest BCUT2D eigenvalue weighted by molar-refractivity contribution is 7.10. The summed E-state index contributed by atoms with van der Waals surface area (Å²) in [5.41, 5.74) is 2.63. The van der Waals surface area contributed by atoms with Gasteiger partial charge in [0.25, 0.3) is 0 Å². The van der Waals surface area contributed by atoms with Crippen LogP contribution in [0.3, 0.4) is 0 Å². The molecule has 0 aromatic carbocycles. The van der Waals surface area contributed by atoms with Crippen LogP contribution in [0.4, 0.5) is 0 Å². The van der Waals surface area contributed by atoms with Crippen LogP contribution < -0.4 is 5.32 Å². The van der Waals surface area contributed by atoms with Gasteiger partial charge in [0.2, 0.25) is 0 Å². The lowest BCUT2D eigenvalue weighted by atomic mass is 10.1. The Morgan fingerprint density at radius 3 is 2.65 bits per heavy atom. The number of nitrogens with one attached hydrogen (secondary N) is 1. The van der Waals surface area contributed by atoms with Gasteiger partial charge in [-0.05, 0) is 50.8 Å². The number of furan rings is 1. The summed E-state index contributed by atoms with van der Waals surface area (Å²) in [4.78, 5) is 1.41. The van der Waals surface area contributed by atoms with Gasteiger partial charge >= 0.3 is 0 Å². The van der Waals surface area contributed by atoms with Gasteiger partial charge < -0.3 is 9.73 Å². The molecule has 0 aliphatic rings. The zero-order valence-electron chi connectivity index (χ0n) is 10.8. The fraction of sp³-hybridized carbons (Fsp3) is 0.429. The predicted molar refractivity (Wildman–Crippen MR) is 72.5 cm³/mol. The van der Waals surface area contributed by atoms with Crippen molar-refractivity contribution in [2.24, 2.45) is 0 Å². The Morgan fingerprint density at radius 1 is 1.35 bits per heavy atom. The van der Waals surface area contributed by atoms with Crippen LogP contribution in [0.15, 0.2) is 21.9 Å². The van der Waals surface area contributed by atoms with E-state index in [0.29, 0.717) is 6.04 Å². The van der Waals surface area contributed by atoms with Gasteiger partial charge in [0.1, 0.15) is 11.5 Å². The Labute approximate surface area is 107 Å². The first-order valence-electron chi connectivity index (χ1n) is 5.91. The molecule has 0 saturated heterocycles. The molecular formula is C14H19NOS. The van der Waals surface area contributed by atoms with Gasteiger partial charge in [0, 0.05) is 23.0 Å². The maximum Gasteiger partial charge on any atom is 0.105 e. The molecule has 0 saturated carbocycles. The van der Waals surface area contributed by atoms with Crippen molar-refractivity contribution in [1.82, 2.24) is 5.32 Å². The van der Waals surface area contributed by atoms with Gasteiger partial charge in [-0.15, -0.1) is 11.3 Å². The summed E-state index contributed by atoms with van der Waals surface area (Å²) in [5.74, 6) is 2.00. The van der Waals surface area contributed by atoms with E-state index in [1.54, 1.807) is 0 Å². The van der Waals surface area contributed by atoms with Gasteiger partial charge in [0.05, 0.1) is 0 Å². The third kappa shape index (κ3) is 2.79. The highest BCUT2D eigenvalue weighted by Gasteiger charge is 2.12. The van der Waals surface area contributed by atoms with E-state index in [-0.39, 0.29) is 0 Å². The predicted octanol–water partition coefficient (Wildman–Crippen LogP) is 4.12. The van der Waals surface area contributed by atoms with Crippen molar-refractivity contribution in [3.8, 4) is 0 Å². The smallest absolute Gasteiger partial charge is 0.105 e. The molecule has 0 bridgehead atoms. The zero-order chi connectivity index (χ0) is 12.4. The summed E-state index contributed by atoms with van der Waals surface area (Å²) < 4.78 is 5.56. The molecule has 0 radical (unpaired) electrons. The topological polar surface area (TPSA) is 25.2 Å². The van der Waals surface area contributed by atoms with Crippen LogP contribution in [0.1, 0.15) is 40.5 Å². The minimum atomic E-state index is 0.328. The van der Waals surface area contributed by atoms with Crippen LogP contribution in [-0.2, 0) is 6.54 Å². The van der Waals surface area contributed by atoms with Crippen molar-refractivity contribution in [3.05, 3.63) is 45.0 Å². The van der Waals surface area contributed by atoms with Crippen LogP contribution in [0.25, 0.3) is 0 Å². The largest absolute Gasteiger partial charge is 0.466 e. The summed E-state index contributed by atoms with van der Waals surface area (Å²) >= 11 is 1.81.